The fraction of sp³-hybridized carbons (Fsp3) is 0.667. The van der Waals surface area contributed by atoms with E-state index in [1.165, 1.54) is 4.88 Å². The van der Waals surface area contributed by atoms with E-state index in [-0.39, 0.29) is 30.0 Å². The molecular formula is C12H23IN4OS. The molecule has 110 valence electrons. The minimum atomic E-state index is 0. The molecule has 0 fully saturated rings. The zero-order chi connectivity index (χ0) is 13.4. The van der Waals surface area contributed by atoms with Gasteiger partial charge in [0.2, 0.25) is 0 Å². The van der Waals surface area contributed by atoms with Gasteiger partial charge >= 0.3 is 0 Å². The molecule has 1 atom stereocenters. The predicted octanol–water partition coefficient (Wildman–Crippen LogP) is 2.16. The summed E-state index contributed by atoms with van der Waals surface area (Å²) in [6, 6.07) is 0.232. The van der Waals surface area contributed by atoms with Crippen LogP contribution in [-0.4, -0.2) is 37.2 Å². The molecule has 1 rings (SSSR count). The first-order valence-corrected chi connectivity index (χ1v) is 6.92. The minimum Gasteiger partial charge on any atom is -0.383 e. The monoisotopic (exact) mass is 398 g/mol. The zero-order valence-corrected chi connectivity index (χ0v) is 15.0. The Morgan fingerprint density at radius 2 is 2.32 bits per heavy atom. The van der Waals surface area contributed by atoms with Gasteiger partial charge in [-0.1, -0.05) is 0 Å². The first-order chi connectivity index (χ1) is 8.65. The Morgan fingerprint density at radius 1 is 1.58 bits per heavy atom. The molecule has 0 aliphatic rings. The number of guanidine groups is 1. The number of nitrogens with one attached hydrogen (secondary N) is 2. The van der Waals surface area contributed by atoms with E-state index in [9.17, 15) is 0 Å². The molecular weight excluding hydrogens is 375 g/mol. The van der Waals surface area contributed by atoms with Gasteiger partial charge in [0, 0.05) is 30.8 Å². The number of methoxy groups -OCH3 is 1. The molecule has 0 saturated carbocycles. The Balaban J connectivity index is 0.00000324. The number of hydrogen-bond acceptors (Lipinski definition) is 4. The van der Waals surface area contributed by atoms with Crippen molar-refractivity contribution in [3.63, 3.8) is 0 Å². The van der Waals surface area contributed by atoms with Gasteiger partial charge in [0.15, 0.2) is 5.96 Å². The highest BCUT2D eigenvalue weighted by Crippen LogP contribution is 2.12. The maximum atomic E-state index is 5.10. The van der Waals surface area contributed by atoms with Gasteiger partial charge in [-0.05, 0) is 20.8 Å². The van der Waals surface area contributed by atoms with E-state index >= 15 is 0 Å². The molecule has 1 aromatic heterocycles. The first kappa shape index (κ1) is 18.6. The molecule has 0 saturated heterocycles. The molecule has 0 aromatic carbocycles. The van der Waals surface area contributed by atoms with E-state index in [1.54, 1.807) is 18.4 Å². The Labute approximate surface area is 136 Å². The van der Waals surface area contributed by atoms with Gasteiger partial charge < -0.3 is 15.4 Å². The third kappa shape index (κ3) is 7.68. The van der Waals surface area contributed by atoms with Crippen LogP contribution in [0.4, 0.5) is 0 Å². The molecule has 1 heterocycles. The van der Waals surface area contributed by atoms with Crippen LogP contribution < -0.4 is 10.6 Å². The van der Waals surface area contributed by atoms with Crippen LogP contribution in [0.3, 0.4) is 0 Å². The van der Waals surface area contributed by atoms with Crippen molar-refractivity contribution < 1.29 is 4.74 Å². The summed E-state index contributed by atoms with van der Waals surface area (Å²) in [4.78, 5) is 9.92. The van der Waals surface area contributed by atoms with Crippen molar-refractivity contribution in [2.75, 3.05) is 20.3 Å². The molecule has 1 unspecified atom stereocenters. The predicted molar refractivity (Wildman–Crippen MR) is 91.6 cm³/mol. The van der Waals surface area contributed by atoms with Gasteiger partial charge in [-0.25, -0.2) is 9.98 Å². The third-order valence-corrected chi connectivity index (χ3v) is 3.10. The van der Waals surface area contributed by atoms with Crippen LogP contribution in [0, 0.1) is 6.92 Å². The maximum absolute atomic E-state index is 5.10. The summed E-state index contributed by atoms with van der Waals surface area (Å²) in [7, 11) is 1.70. The first-order valence-electron chi connectivity index (χ1n) is 6.10. The highest BCUT2D eigenvalue weighted by atomic mass is 127. The van der Waals surface area contributed by atoms with Crippen LogP contribution in [0.1, 0.15) is 23.7 Å². The van der Waals surface area contributed by atoms with Crippen molar-refractivity contribution >= 4 is 41.3 Å². The summed E-state index contributed by atoms with van der Waals surface area (Å²) in [5, 5.41) is 7.59. The topological polar surface area (TPSA) is 58.5 Å². The second-order valence-electron chi connectivity index (χ2n) is 4.04. The van der Waals surface area contributed by atoms with Crippen molar-refractivity contribution in [3.8, 4) is 0 Å². The number of aryl methyl sites for hydroxylation is 1. The second-order valence-corrected chi connectivity index (χ2v) is 5.36. The van der Waals surface area contributed by atoms with E-state index < -0.39 is 0 Å². The molecule has 0 amide bonds. The average molecular weight is 398 g/mol. The minimum absolute atomic E-state index is 0. The number of aliphatic imine (C=N–C) groups is 1. The molecule has 5 nitrogen and oxygen atoms in total. The second kappa shape index (κ2) is 10.4. The SMILES string of the molecule is CCNC(=NCc1cnc(C)s1)NC(C)COC.I. The highest BCUT2D eigenvalue weighted by molar-refractivity contribution is 14.0. The zero-order valence-electron chi connectivity index (χ0n) is 11.9. The van der Waals surface area contributed by atoms with Crippen molar-refractivity contribution in [2.45, 2.75) is 33.4 Å². The van der Waals surface area contributed by atoms with Gasteiger partial charge in [0.05, 0.1) is 18.2 Å². The lowest BCUT2D eigenvalue weighted by atomic mass is 10.4. The third-order valence-electron chi connectivity index (χ3n) is 2.21. The molecule has 19 heavy (non-hydrogen) atoms. The molecule has 0 bridgehead atoms. The van der Waals surface area contributed by atoms with Crippen LogP contribution >= 0.6 is 35.3 Å². The van der Waals surface area contributed by atoms with Gasteiger partial charge in [-0.2, -0.15) is 0 Å². The van der Waals surface area contributed by atoms with E-state index in [4.69, 9.17) is 4.74 Å². The summed E-state index contributed by atoms with van der Waals surface area (Å²) >= 11 is 1.68. The van der Waals surface area contributed by atoms with Gasteiger partial charge in [0.1, 0.15) is 0 Å². The molecule has 1 aromatic rings. The Kier molecular flexibility index (Phi) is 10.2. The van der Waals surface area contributed by atoms with Crippen molar-refractivity contribution in [2.24, 2.45) is 4.99 Å². The number of hydrogen-bond donors (Lipinski definition) is 2. The van der Waals surface area contributed by atoms with Gasteiger partial charge in [-0.15, -0.1) is 35.3 Å². The Hall–Kier alpha value is -0.410. The molecule has 7 heteroatoms. The highest BCUT2D eigenvalue weighted by Gasteiger charge is 2.04. The molecule has 0 aliphatic carbocycles. The normalized spacial score (nSPS) is 12.7. The summed E-state index contributed by atoms with van der Waals surface area (Å²) in [6.07, 6.45) is 1.88. The van der Waals surface area contributed by atoms with Crippen LogP contribution in [-0.2, 0) is 11.3 Å². The van der Waals surface area contributed by atoms with E-state index in [2.05, 4.69) is 34.5 Å². The Morgan fingerprint density at radius 3 is 2.84 bits per heavy atom. The van der Waals surface area contributed by atoms with Crippen LogP contribution in [0.25, 0.3) is 0 Å². The smallest absolute Gasteiger partial charge is 0.191 e. The van der Waals surface area contributed by atoms with Crippen molar-refractivity contribution in [1.82, 2.24) is 15.6 Å². The largest absolute Gasteiger partial charge is 0.383 e. The lowest BCUT2D eigenvalue weighted by Crippen LogP contribution is -2.43. The fourth-order valence-electron chi connectivity index (χ4n) is 1.48. The van der Waals surface area contributed by atoms with Crippen LogP contribution in [0.15, 0.2) is 11.2 Å². The number of thiazole rings is 1. The number of ether oxygens (including phenoxy) is 1. The number of nitrogens with zero attached hydrogens (tertiary/aromatic N) is 2. The summed E-state index contributed by atoms with van der Waals surface area (Å²) in [5.74, 6) is 0.813. The van der Waals surface area contributed by atoms with E-state index in [0.29, 0.717) is 13.2 Å². The van der Waals surface area contributed by atoms with E-state index in [0.717, 1.165) is 17.5 Å². The molecule has 2 N–H and O–H groups in total. The summed E-state index contributed by atoms with van der Waals surface area (Å²) in [6.45, 7) is 8.27. The van der Waals surface area contributed by atoms with E-state index in [1.807, 2.05) is 13.1 Å². The molecule has 0 spiro atoms. The number of rotatable bonds is 6. The van der Waals surface area contributed by atoms with Gasteiger partial charge in [0.25, 0.3) is 0 Å². The lowest BCUT2D eigenvalue weighted by molar-refractivity contribution is 0.179. The van der Waals surface area contributed by atoms with Crippen LogP contribution in [0.5, 0.6) is 0 Å². The van der Waals surface area contributed by atoms with Gasteiger partial charge in [-0.3, -0.25) is 0 Å². The average Bonchev–Trinajstić information content (AvgIpc) is 2.73. The van der Waals surface area contributed by atoms with Crippen molar-refractivity contribution in [3.05, 3.63) is 16.1 Å². The number of aromatic nitrogens is 1. The standard InChI is InChI=1S/C12H22N4OS.HI/c1-5-13-12(16-9(2)8-17-4)15-7-11-6-14-10(3)18-11;/h6,9H,5,7-8H2,1-4H3,(H2,13,15,16);1H. The Bertz CT molecular complexity index is 384. The molecule has 0 aliphatic heterocycles. The summed E-state index contributed by atoms with van der Waals surface area (Å²) < 4.78 is 5.10. The summed E-state index contributed by atoms with van der Waals surface area (Å²) in [5.41, 5.74) is 0. The molecule has 0 radical (unpaired) electrons. The maximum Gasteiger partial charge on any atom is 0.191 e. The number of halogens is 1. The quantitative estimate of drug-likeness (QED) is 0.438. The lowest BCUT2D eigenvalue weighted by Gasteiger charge is -2.16. The fourth-order valence-corrected chi connectivity index (χ4v) is 2.20. The van der Waals surface area contributed by atoms with Crippen LogP contribution in [0.2, 0.25) is 0 Å². The van der Waals surface area contributed by atoms with Crippen molar-refractivity contribution in [1.29, 1.82) is 0 Å².